The number of amides is 2. The van der Waals surface area contributed by atoms with Crippen LogP contribution >= 0.6 is 0 Å². The van der Waals surface area contributed by atoms with Crippen LogP contribution in [0.3, 0.4) is 0 Å². The fourth-order valence-corrected chi connectivity index (χ4v) is 3.93. The molecule has 0 fully saturated rings. The third-order valence-corrected chi connectivity index (χ3v) is 6.34. The summed E-state index contributed by atoms with van der Waals surface area (Å²) < 4.78 is 26.5. The second-order valence-electron chi connectivity index (χ2n) is 6.73. The molecule has 0 spiro atoms. The van der Waals surface area contributed by atoms with Crippen LogP contribution in [0.5, 0.6) is 0 Å². The van der Waals surface area contributed by atoms with Crippen LogP contribution in [0.2, 0.25) is 0 Å². The van der Waals surface area contributed by atoms with Gasteiger partial charge >= 0.3 is 0 Å². The highest BCUT2D eigenvalue weighted by molar-refractivity contribution is 7.89. The van der Waals surface area contributed by atoms with Crippen molar-refractivity contribution >= 4 is 27.5 Å². The number of sulfonamides is 1. The van der Waals surface area contributed by atoms with Gasteiger partial charge in [0.15, 0.2) is 0 Å². The molecular weight excluding hydrogens is 402 g/mol. The Kier molecular flexibility index (Phi) is 8.76. The number of aryl methyl sites for hydroxylation is 1. The predicted molar refractivity (Wildman–Crippen MR) is 117 cm³/mol. The molecule has 8 heteroatoms. The molecule has 0 heterocycles. The van der Waals surface area contributed by atoms with E-state index in [1.807, 2.05) is 30.3 Å². The summed E-state index contributed by atoms with van der Waals surface area (Å²) in [6, 6.07) is 15.8. The van der Waals surface area contributed by atoms with Gasteiger partial charge < -0.3 is 10.6 Å². The van der Waals surface area contributed by atoms with Crippen molar-refractivity contribution in [2.75, 3.05) is 25.5 Å². The SMILES string of the molecule is C=CC(=O)NCCCN(C)S(=O)(=O)c1ccc(NC(=O)CCc2ccccc2)cc1. The number of carbonyl (C=O) groups excluding carboxylic acids is 2. The Morgan fingerprint density at radius 2 is 1.73 bits per heavy atom. The lowest BCUT2D eigenvalue weighted by atomic mass is 10.1. The van der Waals surface area contributed by atoms with Crippen LogP contribution in [0, 0.1) is 0 Å². The first-order valence-electron chi connectivity index (χ1n) is 9.63. The van der Waals surface area contributed by atoms with E-state index in [1.165, 1.54) is 29.6 Å². The molecule has 2 N–H and O–H groups in total. The van der Waals surface area contributed by atoms with Crippen molar-refractivity contribution in [2.24, 2.45) is 0 Å². The molecule has 30 heavy (non-hydrogen) atoms. The smallest absolute Gasteiger partial charge is 0.243 e. The zero-order valence-corrected chi connectivity index (χ0v) is 17.8. The van der Waals surface area contributed by atoms with E-state index in [0.29, 0.717) is 31.5 Å². The second kappa shape index (κ2) is 11.3. The average molecular weight is 430 g/mol. The largest absolute Gasteiger partial charge is 0.353 e. The molecule has 0 aliphatic heterocycles. The molecule has 2 aromatic carbocycles. The van der Waals surface area contributed by atoms with E-state index in [9.17, 15) is 18.0 Å². The zero-order valence-electron chi connectivity index (χ0n) is 17.0. The number of nitrogens with zero attached hydrogens (tertiary/aromatic N) is 1. The monoisotopic (exact) mass is 429 g/mol. The maximum Gasteiger partial charge on any atom is 0.243 e. The van der Waals surface area contributed by atoms with Crippen LogP contribution in [0.25, 0.3) is 0 Å². The normalized spacial score (nSPS) is 11.1. The summed E-state index contributed by atoms with van der Waals surface area (Å²) >= 11 is 0. The molecule has 7 nitrogen and oxygen atoms in total. The van der Waals surface area contributed by atoms with Crippen LogP contribution < -0.4 is 10.6 Å². The molecule has 0 saturated heterocycles. The van der Waals surface area contributed by atoms with Gasteiger partial charge in [-0.2, -0.15) is 0 Å². The van der Waals surface area contributed by atoms with Crippen LogP contribution in [0.4, 0.5) is 5.69 Å². The fourth-order valence-electron chi connectivity index (χ4n) is 2.72. The minimum absolute atomic E-state index is 0.131. The highest BCUT2D eigenvalue weighted by atomic mass is 32.2. The quantitative estimate of drug-likeness (QED) is 0.424. The minimum Gasteiger partial charge on any atom is -0.353 e. The van der Waals surface area contributed by atoms with Crippen molar-refractivity contribution in [3.05, 3.63) is 72.8 Å². The number of carbonyl (C=O) groups is 2. The van der Waals surface area contributed by atoms with E-state index in [1.54, 1.807) is 12.1 Å². The van der Waals surface area contributed by atoms with E-state index in [2.05, 4.69) is 17.2 Å². The van der Waals surface area contributed by atoms with Gasteiger partial charge in [0, 0.05) is 32.2 Å². The molecule has 0 unspecified atom stereocenters. The Morgan fingerprint density at radius 1 is 1.07 bits per heavy atom. The Bertz CT molecular complexity index is 958. The van der Waals surface area contributed by atoms with Gasteiger partial charge in [0.2, 0.25) is 21.8 Å². The van der Waals surface area contributed by atoms with Gasteiger partial charge in [0.1, 0.15) is 0 Å². The molecule has 0 atom stereocenters. The van der Waals surface area contributed by atoms with Crippen molar-refractivity contribution in [3.8, 4) is 0 Å². The molecule has 0 bridgehead atoms. The number of hydrogen-bond acceptors (Lipinski definition) is 4. The van der Waals surface area contributed by atoms with E-state index in [0.717, 1.165) is 5.56 Å². The van der Waals surface area contributed by atoms with Crippen LogP contribution in [-0.4, -0.2) is 44.7 Å². The van der Waals surface area contributed by atoms with Crippen molar-refractivity contribution in [1.82, 2.24) is 9.62 Å². The van der Waals surface area contributed by atoms with E-state index in [4.69, 9.17) is 0 Å². The van der Waals surface area contributed by atoms with Gasteiger partial charge in [-0.15, -0.1) is 0 Å². The van der Waals surface area contributed by atoms with Crippen molar-refractivity contribution in [2.45, 2.75) is 24.2 Å². The van der Waals surface area contributed by atoms with E-state index < -0.39 is 10.0 Å². The molecule has 0 aliphatic carbocycles. The summed E-state index contributed by atoms with van der Waals surface area (Å²) in [5.41, 5.74) is 1.63. The lowest BCUT2D eigenvalue weighted by molar-refractivity contribution is -0.117. The fraction of sp³-hybridized carbons (Fsp3) is 0.273. The molecule has 0 saturated carbocycles. The standard InChI is InChI=1S/C22H27N3O4S/c1-3-21(26)23-16-7-17-25(2)30(28,29)20-13-11-19(12-14-20)24-22(27)15-10-18-8-5-4-6-9-18/h3-6,8-9,11-14H,1,7,10,15-17H2,2H3,(H,23,26)(H,24,27). The van der Waals surface area contributed by atoms with Gasteiger partial charge in [-0.3, -0.25) is 9.59 Å². The maximum atomic E-state index is 12.6. The summed E-state index contributed by atoms with van der Waals surface area (Å²) in [6.07, 6.45) is 2.62. The van der Waals surface area contributed by atoms with Crippen molar-refractivity contribution < 1.29 is 18.0 Å². The first-order valence-corrected chi connectivity index (χ1v) is 11.1. The van der Waals surface area contributed by atoms with E-state index in [-0.39, 0.29) is 23.3 Å². The predicted octanol–water partition coefficient (Wildman–Crippen LogP) is 2.57. The van der Waals surface area contributed by atoms with Gasteiger partial charge in [0.05, 0.1) is 4.90 Å². The average Bonchev–Trinajstić information content (AvgIpc) is 2.76. The second-order valence-corrected chi connectivity index (χ2v) is 8.78. The molecule has 2 rings (SSSR count). The Labute approximate surface area is 177 Å². The summed E-state index contributed by atoms with van der Waals surface area (Å²) in [5.74, 6) is -0.421. The number of nitrogens with one attached hydrogen (secondary N) is 2. The van der Waals surface area contributed by atoms with Gasteiger partial charge in [-0.05, 0) is 48.7 Å². The third-order valence-electron chi connectivity index (χ3n) is 4.46. The summed E-state index contributed by atoms with van der Waals surface area (Å²) in [4.78, 5) is 23.4. The number of anilines is 1. The third kappa shape index (κ3) is 7.13. The van der Waals surface area contributed by atoms with Crippen LogP contribution in [0.15, 0.2) is 72.1 Å². The first-order chi connectivity index (χ1) is 14.3. The van der Waals surface area contributed by atoms with Crippen molar-refractivity contribution in [1.29, 1.82) is 0 Å². The lowest BCUT2D eigenvalue weighted by Gasteiger charge is -2.17. The molecule has 0 aromatic heterocycles. The Balaban J connectivity index is 1.86. The molecule has 2 aromatic rings. The highest BCUT2D eigenvalue weighted by Crippen LogP contribution is 2.18. The molecule has 0 aliphatic rings. The minimum atomic E-state index is -3.65. The van der Waals surface area contributed by atoms with Crippen LogP contribution in [0.1, 0.15) is 18.4 Å². The van der Waals surface area contributed by atoms with Gasteiger partial charge in [0.25, 0.3) is 0 Å². The molecule has 2 amide bonds. The zero-order chi connectivity index (χ0) is 22.0. The van der Waals surface area contributed by atoms with Crippen LogP contribution in [-0.2, 0) is 26.0 Å². The number of benzene rings is 2. The summed E-state index contributed by atoms with van der Waals surface area (Å²) in [7, 11) is -2.16. The Morgan fingerprint density at radius 3 is 2.37 bits per heavy atom. The highest BCUT2D eigenvalue weighted by Gasteiger charge is 2.20. The van der Waals surface area contributed by atoms with Gasteiger partial charge in [-0.25, -0.2) is 12.7 Å². The Hall–Kier alpha value is -2.97. The topological polar surface area (TPSA) is 95.6 Å². The maximum absolute atomic E-state index is 12.6. The summed E-state index contributed by atoms with van der Waals surface area (Å²) in [5, 5.41) is 5.39. The molecule has 0 radical (unpaired) electrons. The molecule has 160 valence electrons. The summed E-state index contributed by atoms with van der Waals surface area (Å²) in [6.45, 7) is 3.98. The van der Waals surface area contributed by atoms with E-state index >= 15 is 0 Å². The number of rotatable bonds is 11. The first kappa shape index (κ1) is 23.3. The lowest BCUT2D eigenvalue weighted by Crippen LogP contribution is -2.31. The van der Waals surface area contributed by atoms with Crippen molar-refractivity contribution in [3.63, 3.8) is 0 Å². The van der Waals surface area contributed by atoms with Gasteiger partial charge in [-0.1, -0.05) is 36.9 Å². The number of hydrogen-bond donors (Lipinski definition) is 2. The molecular formula is C22H27N3O4S.